The zero-order chi connectivity index (χ0) is 14.4. The van der Waals surface area contributed by atoms with Crippen LogP contribution in [0.5, 0.6) is 0 Å². The summed E-state index contributed by atoms with van der Waals surface area (Å²) in [5.41, 5.74) is 1.22. The minimum Gasteiger partial charge on any atom is -0.380 e. The highest BCUT2D eigenvalue weighted by atomic mass is 16.5. The molecular weight excluding hydrogens is 252 g/mol. The van der Waals surface area contributed by atoms with Crippen LogP contribution in [-0.4, -0.2) is 50.7 Å². The number of carbonyl (C=O) groups is 1. The molecule has 1 saturated heterocycles. The van der Waals surface area contributed by atoms with Gasteiger partial charge in [0.2, 0.25) is 5.91 Å². The lowest BCUT2D eigenvalue weighted by atomic mass is 9.74. The topological polar surface area (TPSA) is 41.6 Å². The summed E-state index contributed by atoms with van der Waals surface area (Å²) in [6.45, 7) is 6.45. The van der Waals surface area contributed by atoms with Gasteiger partial charge in [0.25, 0.3) is 0 Å². The summed E-state index contributed by atoms with van der Waals surface area (Å²) < 4.78 is 5.17. The van der Waals surface area contributed by atoms with Gasteiger partial charge in [0, 0.05) is 20.2 Å². The number of piperidine rings is 1. The van der Waals surface area contributed by atoms with Gasteiger partial charge in [-0.05, 0) is 44.3 Å². The molecule has 2 aliphatic rings. The second-order valence-electron chi connectivity index (χ2n) is 6.08. The van der Waals surface area contributed by atoms with Gasteiger partial charge in [-0.15, -0.1) is 0 Å². The molecule has 0 spiro atoms. The van der Waals surface area contributed by atoms with Gasteiger partial charge in [-0.3, -0.25) is 4.79 Å². The Hall–Kier alpha value is -0.870. The molecule has 2 heterocycles. The van der Waals surface area contributed by atoms with Crippen molar-refractivity contribution in [3.05, 3.63) is 11.6 Å². The van der Waals surface area contributed by atoms with Crippen LogP contribution in [0.3, 0.4) is 0 Å². The smallest absolute Gasteiger partial charge is 0.229 e. The van der Waals surface area contributed by atoms with Gasteiger partial charge in [0.05, 0.1) is 12.0 Å². The predicted molar refractivity (Wildman–Crippen MR) is 80.6 cm³/mol. The highest BCUT2D eigenvalue weighted by Gasteiger charge is 2.41. The summed E-state index contributed by atoms with van der Waals surface area (Å²) in [4.78, 5) is 15.0. The van der Waals surface area contributed by atoms with Crippen molar-refractivity contribution >= 4 is 5.91 Å². The van der Waals surface area contributed by atoms with E-state index in [9.17, 15) is 4.79 Å². The van der Waals surface area contributed by atoms with Crippen molar-refractivity contribution < 1.29 is 9.53 Å². The summed E-state index contributed by atoms with van der Waals surface area (Å²) in [5, 5.41) is 3.38. The van der Waals surface area contributed by atoms with E-state index in [1.165, 1.54) is 5.57 Å². The normalized spacial score (nSPS) is 22.5. The first-order chi connectivity index (χ1) is 9.72. The van der Waals surface area contributed by atoms with Crippen molar-refractivity contribution in [2.75, 3.05) is 39.9 Å². The van der Waals surface area contributed by atoms with Crippen LogP contribution >= 0.6 is 0 Å². The molecule has 0 saturated carbocycles. The van der Waals surface area contributed by atoms with E-state index >= 15 is 0 Å². The number of hydrogen-bond donors (Lipinski definition) is 1. The average molecular weight is 280 g/mol. The largest absolute Gasteiger partial charge is 0.380 e. The van der Waals surface area contributed by atoms with Crippen molar-refractivity contribution in [3.8, 4) is 0 Å². The molecule has 2 aliphatic heterocycles. The van der Waals surface area contributed by atoms with E-state index in [0.29, 0.717) is 12.5 Å². The van der Waals surface area contributed by atoms with E-state index in [1.807, 2.05) is 0 Å². The van der Waals surface area contributed by atoms with Crippen LogP contribution < -0.4 is 5.32 Å². The minimum atomic E-state index is -0.105. The van der Waals surface area contributed by atoms with Crippen molar-refractivity contribution in [2.24, 2.45) is 5.41 Å². The van der Waals surface area contributed by atoms with Crippen molar-refractivity contribution in [1.29, 1.82) is 0 Å². The van der Waals surface area contributed by atoms with E-state index in [0.717, 1.165) is 58.3 Å². The van der Waals surface area contributed by atoms with Crippen molar-refractivity contribution in [2.45, 2.75) is 39.0 Å². The summed E-state index contributed by atoms with van der Waals surface area (Å²) in [6, 6.07) is 0. The third kappa shape index (κ3) is 3.41. The third-order valence-electron chi connectivity index (χ3n) is 4.66. The first-order valence-electron chi connectivity index (χ1n) is 7.89. The fourth-order valence-corrected chi connectivity index (χ4v) is 3.50. The van der Waals surface area contributed by atoms with Crippen molar-refractivity contribution in [1.82, 2.24) is 10.2 Å². The van der Waals surface area contributed by atoms with E-state index in [1.54, 1.807) is 7.11 Å². The number of nitrogens with one attached hydrogen (secondary N) is 1. The molecule has 0 unspecified atom stereocenters. The maximum absolute atomic E-state index is 13.0. The molecule has 20 heavy (non-hydrogen) atoms. The quantitative estimate of drug-likeness (QED) is 0.783. The van der Waals surface area contributed by atoms with Gasteiger partial charge in [0.15, 0.2) is 0 Å². The van der Waals surface area contributed by atoms with Gasteiger partial charge >= 0.3 is 0 Å². The average Bonchev–Trinajstić information content (AvgIpc) is 2.49. The van der Waals surface area contributed by atoms with Gasteiger partial charge in [-0.1, -0.05) is 19.4 Å². The Morgan fingerprint density at radius 3 is 2.75 bits per heavy atom. The molecule has 0 atom stereocenters. The number of carbonyl (C=O) groups excluding carboxylic acids is 1. The lowest BCUT2D eigenvalue weighted by Crippen LogP contribution is -2.50. The molecule has 114 valence electrons. The minimum absolute atomic E-state index is 0.105. The number of ether oxygens (including phenoxy) is 1. The van der Waals surface area contributed by atoms with Crippen LogP contribution in [0.1, 0.15) is 39.0 Å². The Balaban J connectivity index is 2.02. The van der Waals surface area contributed by atoms with E-state index in [4.69, 9.17) is 4.74 Å². The molecule has 0 aliphatic carbocycles. The van der Waals surface area contributed by atoms with Gasteiger partial charge in [-0.25, -0.2) is 0 Å². The first kappa shape index (κ1) is 15.5. The molecule has 0 bridgehead atoms. The molecule has 0 radical (unpaired) electrons. The molecule has 0 aromatic rings. The van der Waals surface area contributed by atoms with E-state index < -0.39 is 0 Å². The summed E-state index contributed by atoms with van der Waals surface area (Å²) in [7, 11) is 1.73. The molecule has 1 amide bonds. The molecule has 0 aromatic heterocycles. The second kappa shape index (κ2) is 7.23. The lowest BCUT2D eigenvalue weighted by Gasteiger charge is -2.41. The highest BCUT2D eigenvalue weighted by molar-refractivity contribution is 5.83. The van der Waals surface area contributed by atoms with Crippen molar-refractivity contribution in [3.63, 3.8) is 0 Å². The van der Waals surface area contributed by atoms with Gasteiger partial charge in [-0.2, -0.15) is 0 Å². The monoisotopic (exact) mass is 280 g/mol. The lowest BCUT2D eigenvalue weighted by molar-refractivity contribution is -0.144. The van der Waals surface area contributed by atoms with Crippen LogP contribution in [0.15, 0.2) is 11.6 Å². The summed E-state index contributed by atoms with van der Waals surface area (Å²) in [5.74, 6) is 0.383. The number of methoxy groups -OCH3 is 1. The third-order valence-corrected chi connectivity index (χ3v) is 4.66. The van der Waals surface area contributed by atoms with Gasteiger partial charge < -0.3 is 15.0 Å². The molecule has 1 fully saturated rings. The number of amides is 1. The summed E-state index contributed by atoms with van der Waals surface area (Å²) in [6.07, 6.45) is 7.23. The standard InChI is InChI=1S/C16H28N2O2/c1-3-6-16(7-9-17-10-8-16)15(19)18-11-4-14(5-12-18)13-20-2/h4,17H,3,5-13H2,1-2H3. The fraction of sp³-hybridized carbons (Fsp3) is 0.812. The van der Waals surface area contributed by atoms with E-state index in [-0.39, 0.29) is 5.41 Å². The zero-order valence-electron chi connectivity index (χ0n) is 12.9. The molecule has 0 aromatic carbocycles. The Bertz CT molecular complexity index is 354. The van der Waals surface area contributed by atoms with Gasteiger partial charge in [0.1, 0.15) is 0 Å². The molecule has 1 N–H and O–H groups in total. The van der Waals surface area contributed by atoms with Crippen LogP contribution in [0, 0.1) is 5.41 Å². The molecule has 4 heteroatoms. The Morgan fingerprint density at radius 2 is 2.20 bits per heavy atom. The predicted octanol–water partition coefficient (Wildman–Crippen LogP) is 1.96. The Kier molecular flexibility index (Phi) is 5.61. The molecule has 2 rings (SSSR count). The second-order valence-corrected chi connectivity index (χ2v) is 6.08. The molecular formula is C16H28N2O2. The summed E-state index contributed by atoms with van der Waals surface area (Å²) >= 11 is 0. The van der Waals surface area contributed by atoms with Crippen LogP contribution in [0.2, 0.25) is 0 Å². The Labute approximate surface area is 122 Å². The highest BCUT2D eigenvalue weighted by Crippen LogP contribution is 2.36. The van der Waals surface area contributed by atoms with Crippen LogP contribution in [-0.2, 0) is 9.53 Å². The maximum Gasteiger partial charge on any atom is 0.229 e. The van der Waals surface area contributed by atoms with E-state index in [2.05, 4.69) is 23.2 Å². The van der Waals surface area contributed by atoms with Crippen LogP contribution in [0.4, 0.5) is 0 Å². The fourth-order valence-electron chi connectivity index (χ4n) is 3.50. The number of nitrogens with zero attached hydrogens (tertiary/aromatic N) is 1. The number of rotatable bonds is 5. The zero-order valence-corrected chi connectivity index (χ0v) is 12.9. The maximum atomic E-state index is 13.0. The van der Waals surface area contributed by atoms with Crippen LogP contribution in [0.25, 0.3) is 0 Å². The first-order valence-corrected chi connectivity index (χ1v) is 7.89. The Morgan fingerprint density at radius 1 is 1.45 bits per heavy atom. The number of hydrogen-bond acceptors (Lipinski definition) is 3. The SMILES string of the molecule is CCCC1(C(=O)N2CC=C(COC)CC2)CCNCC1. The molecule has 4 nitrogen and oxygen atoms in total.